The Balaban J connectivity index is 4.25. The number of carbonyl (C=O) groups is 3. The van der Waals surface area contributed by atoms with Crippen LogP contribution in [-0.2, 0) is 28.6 Å². The first-order chi connectivity index (χ1) is 25.4. The Kier molecular flexibility index (Phi) is 39.4. The molecule has 0 aromatic rings. The molecule has 0 bridgehead atoms. The molecule has 0 radical (unpaired) electrons. The third-order valence-corrected chi connectivity index (χ3v) is 10.3. The number of ether oxygens (including phenoxy) is 3. The molecular formula is C46H88O6. The zero-order valence-corrected chi connectivity index (χ0v) is 35.3. The van der Waals surface area contributed by atoms with E-state index in [-0.39, 0.29) is 31.1 Å². The summed E-state index contributed by atoms with van der Waals surface area (Å²) in [5.74, 6) is -0.0549. The molecule has 0 amide bonds. The van der Waals surface area contributed by atoms with Gasteiger partial charge in [0.2, 0.25) is 0 Å². The van der Waals surface area contributed by atoms with Crippen molar-refractivity contribution in [1.82, 2.24) is 0 Å². The fraction of sp³-hybridized carbons (Fsp3) is 0.935. The summed E-state index contributed by atoms with van der Waals surface area (Å²) < 4.78 is 16.7. The molecule has 308 valence electrons. The minimum absolute atomic E-state index is 0.0643. The van der Waals surface area contributed by atoms with Gasteiger partial charge in [-0.3, -0.25) is 14.4 Å². The Hall–Kier alpha value is -1.59. The third-order valence-electron chi connectivity index (χ3n) is 10.3. The maximum absolute atomic E-state index is 12.7. The molecule has 0 rings (SSSR count). The van der Waals surface area contributed by atoms with Gasteiger partial charge in [0.15, 0.2) is 6.10 Å². The highest BCUT2D eigenvalue weighted by Gasteiger charge is 2.19. The van der Waals surface area contributed by atoms with E-state index < -0.39 is 6.10 Å². The summed E-state index contributed by atoms with van der Waals surface area (Å²) in [6.07, 6.45) is 39.5. The van der Waals surface area contributed by atoms with Crippen LogP contribution in [0.2, 0.25) is 0 Å². The second-order valence-corrected chi connectivity index (χ2v) is 16.2. The lowest BCUT2D eigenvalue weighted by Crippen LogP contribution is -2.30. The van der Waals surface area contributed by atoms with Gasteiger partial charge in [0.1, 0.15) is 13.2 Å². The largest absolute Gasteiger partial charge is 0.462 e. The second-order valence-electron chi connectivity index (χ2n) is 16.2. The van der Waals surface area contributed by atoms with Gasteiger partial charge in [-0.1, -0.05) is 214 Å². The Morgan fingerprint density at radius 1 is 0.365 bits per heavy atom. The van der Waals surface area contributed by atoms with E-state index in [1.165, 1.54) is 148 Å². The smallest absolute Gasteiger partial charge is 0.306 e. The molecule has 52 heavy (non-hydrogen) atoms. The van der Waals surface area contributed by atoms with Crippen molar-refractivity contribution in [3.8, 4) is 0 Å². The number of hydrogen-bond donors (Lipinski definition) is 0. The van der Waals surface area contributed by atoms with E-state index >= 15 is 0 Å². The molecule has 6 nitrogen and oxygen atoms in total. The van der Waals surface area contributed by atoms with Gasteiger partial charge in [-0.05, 0) is 25.2 Å². The van der Waals surface area contributed by atoms with Crippen LogP contribution < -0.4 is 0 Å². The maximum atomic E-state index is 12.7. The van der Waals surface area contributed by atoms with Gasteiger partial charge >= 0.3 is 17.9 Å². The van der Waals surface area contributed by atoms with E-state index in [0.29, 0.717) is 19.3 Å². The predicted octanol–water partition coefficient (Wildman–Crippen LogP) is 14.3. The van der Waals surface area contributed by atoms with Crippen molar-refractivity contribution >= 4 is 17.9 Å². The van der Waals surface area contributed by atoms with E-state index in [9.17, 15) is 14.4 Å². The van der Waals surface area contributed by atoms with Crippen molar-refractivity contribution in [3.63, 3.8) is 0 Å². The van der Waals surface area contributed by atoms with Crippen molar-refractivity contribution in [3.05, 3.63) is 0 Å². The fourth-order valence-corrected chi connectivity index (χ4v) is 6.80. The van der Waals surface area contributed by atoms with Gasteiger partial charge in [0, 0.05) is 19.3 Å². The minimum Gasteiger partial charge on any atom is -0.462 e. The summed E-state index contributed by atoms with van der Waals surface area (Å²) in [6.45, 7) is 8.94. The van der Waals surface area contributed by atoms with Crippen molar-refractivity contribution in [1.29, 1.82) is 0 Å². The van der Waals surface area contributed by atoms with Crippen molar-refractivity contribution in [2.45, 2.75) is 259 Å². The van der Waals surface area contributed by atoms with Crippen LogP contribution >= 0.6 is 0 Å². The second kappa shape index (κ2) is 40.6. The molecule has 0 heterocycles. The Morgan fingerprint density at radius 2 is 0.635 bits per heavy atom. The molecule has 0 aliphatic carbocycles. The molecule has 0 unspecified atom stereocenters. The van der Waals surface area contributed by atoms with Crippen LogP contribution in [-0.4, -0.2) is 37.2 Å². The monoisotopic (exact) mass is 737 g/mol. The number of esters is 3. The first-order valence-electron chi connectivity index (χ1n) is 22.9. The minimum atomic E-state index is -0.758. The molecule has 0 spiro atoms. The van der Waals surface area contributed by atoms with Crippen LogP contribution in [0, 0.1) is 5.92 Å². The van der Waals surface area contributed by atoms with Crippen LogP contribution in [0.15, 0.2) is 0 Å². The standard InChI is InChI=1S/C46H88O6/c1-5-7-9-11-13-14-15-16-17-18-19-22-26-30-34-38-45(48)51-41-43(40-50-44(47)37-33-29-24-12-10-8-6-2)52-46(49)39-35-31-27-23-20-21-25-28-32-36-42(3)4/h42-43H,5-41H2,1-4H3/t43-/m0/s1. The quantitative estimate of drug-likeness (QED) is 0.0353. The van der Waals surface area contributed by atoms with E-state index in [2.05, 4.69) is 27.7 Å². The van der Waals surface area contributed by atoms with Gasteiger partial charge < -0.3 is 14.2 Å². The van der Waals surface area contributed by atoms with Gasteiger partial charge in [0.05, 0.1) is 0 Å². The number of rotatable bonds is 41. The number of unbranched alkanes of at least 4 members (excludes halogenated alkanes) is 28. The molecule has 1 atom stereocenters. The molecule has 0 aliphatic rings. The topological polar surface area (TPSA) is 78.9 Å². The van der Waals surface area contributed by atoms with Crippen LogP contribution in [0.25, 0.3) is 0 Å². The van der Waals surface area contributed by atoms with Crippen molar-refractivity contribution in [2.75, 3.05) is 13.2 Å². The molecule has 0 saturated carbocycles. The SMILES string of the molecule is CCCCCCCCCCCCCCCCCC(=O)OC[C@H](COC(=O)CCCCCCCCC)OC(=O)CCCCCCCCCCCC(C)C. The summed E-state index contributed by atoms with van der Waals surface area (Å²) in [5.41, 5.74) is 0. The average Bonchev–Trinajstić information content (AvgIpc) is 3.12. The van der Waals surface area contributed by atoms with Gasteiger partial charge in [-0.2, -0.15) is 0 Å². The summed E-state index contributed by atoms with van der Waals surface area (Å²) in [4.78, 5) is 37.6. The molecule has 0 saturated heterocycles. The van der Waals surface area contributed by atoms with E-state index in [0.717, 1.165) is 63.7 Å². The molecule has 0 aromatic carbocycles. The maximum Gasteiger partial charge on any atom is 0.306 e. The van der Waals surface area contributed by atoms with Crippen LogP contribution in [0.4, 0.5) is 0 Å². The van der Waals surface area contributed by atoms with Crippen molar-refractivity contribution in [2.24, 2.45) is 5.92 Å². The van der Waals surface area contributed by atoms with Crippen LogP contribution in [0.5, 0.6) is 0 Å². The summed E-state index contributed by atoms with van der Waals surface area (Å²) >= 11 is 0. The summed E-state index contributed by atoms with van der Waals surface area (Å²) in [7, 11) is 0. The highest BCUT2D eigenvalue weighted by Crippen LogP contribution is 2.16. The Labute approximate surface area is 323 Å². The normalized spacial score (nSPS) is 11.9. The Morgan fingerprint density at radius 3 is 0.942 bits per heavy atom. The average molecular weight is 737 g/mol. The van der Waals surface area contributed by atoms with Crippen LogP contribution in [0.1, 0.15) is 252 Å². The zero-order chi connectivity index (χ0) is 38.2. The lowest BCUT2D eigenvalue weighted by atomic mass is 10.0. The number of carbonyl (C=O) groups excluding carboxylic acids is 3. The third kappa shape index (κ3) is 39.6. The van der Waals surface area contributed by atoms with Crippen molar-refractivity contribution < 1.29 is 28.6 Å². The zero-order valence-electron chi connectivity index (χ0n) is 35.3. The summed E-state index contributed by atoms with van der Waals surface area (Å²) in [5, 5.41) is 0. The molecule has 0 N–H and O–H groups in total. The Bertz CT molecular complexity index is 781. The fourth-order valence-electron chi connectivity index (χ4n) is 6.80. The molecule has 0 fully saturated rings. The predicted molar refractivity (Wildman–Crippen MR) is 220 cm³/mol. The first-order valence-corrected chi connectivity index (χ1v) is 22.9. The highest BCUT2D eigenvalue weighted by atomic mass is 16.6. The van der Waals surface area contributed by atoms with Gasteiger partial charge in [-0.15, -0.1) is 0 Å². The summed E-state index contributed by atoms with van der Waals surface area (Å²) in [6, 6.07) is 0. The molecular weight excluding hydrogens is 648 g/mol. The molecule has 6 heteroatoms. The number of hydrogen-bond acceptors (Lipinski definition) is 6. The van der Waals surface area contributed by atoms with Gasteiger partial charge in [0.25, 0.3) is 0 Å². The van der Waals surface area contributed by atoms with Gasteiger partial charge in [-0.25, -0.2) is 0 Å². The van der Waals surface area contributed by atoms with Crippen LogP contribution in [0.3, 0.4) is 0 Å². The van der Waals surface area contributed by atoms with E-state index in [1.807, 2.05) is 0 Å². The highest BCUT2D eigenvalue weighted by molar-refractivity contribution is 5.71. The lowest BCUT2D eigenvalue weighted by Gasteiger charge is -2.18. The molecule has 0 aliphatic heterocycles. The first kappa shape index (κ1) is 50.4. The lowest BCUT2D eigenvalue weighted by molar-refractivity contribution is -0.167. The van der Waals surface area contributed by atoms with E-state index in [1.54, 1.807) is 0 Å². The van der Waals surface area contributed by atoms with E-state index in [4.69, 9.17) is 14.2 Å². The molecule has 0 aromatic heterocycles.